The van der Waals surface area contributed by atoms with Crippen molar-refractivity contribution in [1.82, 2.24) is 4.90 Å². The van der Waals surface area contributed by atoms with E-state index < -0.39 is 0 Å². The number of amidine groups is 1. The summed E-state index contributed by atoms with van der Waals surface area (Å²) >= 11 is 0. The predicted octanol–water partition coefficient (Wildman–Crippen LogP) is 3.19. The monoisotopic (exact) mass is 303 g/mol. The first-order chi connectivity index (χ1) is 10.7. The van der Waals surface area contributed by atoms with Crippen molar-refractivity contribution in [2.24, 2.45) is 10.7 Å². The summed E-state index contributed by atoms with van der Waals surface area (Å²) in [5.41, 5.74) is 6.99. The maximum atomic E-state index is 5.91. The van der Waals surface area contributed by atoms with E-state index in [9.17, 15) is 0 Å². The Morgan fingerprint density at radius 3 is 2.45 bits per heavy atom. The zero-order valence-corrected chi connectivity index (χ0v) is 14.1. The number of hydrogen-bond acceptors (Lipinski definition) is 3. The average molecular weight is 303 g/mol. The second kappa shape index (κ2) is 10.9. The normalized spacial score (nSPS) is 12.3. The molecule has 1 rings (SSSR count). The molecular weight excluding hydrogens is 274 g/mol. The molecule has 0 heterocycles. The van der Waals surface area contributed by atoms with E-state index in [4.69, 9.17) is 10.5 Å². The average Bonchev–Trinajstić information content (AvgIpc) is 2.56. The van der Waals surface area contributed by atoms with E-state index >= 15 is 0 Å². The van der Waals surface area contributed by atoms with Gasteiger partial charge >= 0.3 is 0 Å². The van der Waals surface area contributed by atoms with Crippen molar-refractivity contribution in [3.63, 3.8) is 0 Å². The van der Waals surface area contributed by atoms with Crippen LogP contribution in [0.2, 0.25) is 0 Å². The van der Waals surface area contributed by atoms with E-state index in [1.165, 1.54) is 0 Å². The fourth-order valence-electron chi connectivity index (χ4n) is 1.99. The molecule has 0 radical (unpaired) electrons. The van der Waals surface area contributed by atoms with Crippen LogP contribution in [0.1, 0.15) is 32.8 Å². The van der Waals surface area contributed by atoms with Crippen molar-refractivity contribution in [3.05, 3.63) is 35.9 Å². The summed E-state index contributed by atoms with van der Waals surface area (Å²) in [5.74, 6) is 1.47. The lowest BCUT2D eigenvalue weighted by molar-refractivity contribution is 0.313. The topological polar surface area (TPSA) is 50.9 Å². The van der Waals surface area contributed by atoms with Gasteiger partial charge in [0.25, 0.3) is 0 Å². The second-order valence-corrected chi connectivity index (χ2v) is 5.08. The van der Waals surface area contributed by atoms with Crippen LogP contribution in [0.15, 0.2) is 35.3 Å². The standard InChI is InChI=1S/C18H29N3O/c1-4-15-22-17-10-7-16(8-11-17)9-12-18(19)20-13-14-21(5-2)6-3/h7-12H,4-6,13-15H2,1-3H3,(H2,19,20)/b12-9+. The number of nitrogens with zero attached hydrogens (tertiary/aromatic N) is 2. The van der Waals surface area contributed by atoms with Gasteiger partial charge in [-0.15, -0.1) is 0 Å². The Hall–Kier alpha value is -1.81. The van der Waals surface area contributed by atoms with E-state index in [-0.39, 0.29) is 0 Å². The minimum atomic E-state index is 0.568. The SMILES string of the molecule is CCCOc1ccc(/C=C/C(N)=NCCN(CC)CC)cc1. The molecule has 0 aliphatic rings. The van der Waals surface area contributed by atoms with Crippen molar-refractivity contribution in [3.8, 4) is 5.75 Å². The van der Waals surface area contributed by atoms with E-state index in [1.807, 2.05) is 36.4 Å². The lowest BCUT2D eigenvalue weighted by Gasteiger charge is -2.15. The molecule has 0 aliphatic carbocycles. The lowest BCUT2D eigenvalue weighted by Crippen LogP contribution is -2.26. The number of benzene rings is 1. The molecule has 1 aromatic rings. The van der Waals surface area contributed by atoms with Gasteiger partial charge in [-0.2, -0.15) is 0 Å². The van der Waals surface area contributed by atoms with E-state index in [1.54, 1.807) is 0 Å². The molecule has 0 aromatic heterocycles. The Kier molecular flexibility index (Phi) is 9.00. The first-order valence-electron chi connectivity index (χ1n) is 8.12. The van der Waals surface area contributed by atoms with Crippen LogP contribution in [-0.4, -0.2) is 43.5 Å². The van der Waals surface area contributed by atoms with Crippen LogP contribution in [-0.2, 0) is 0 Å². The summed E-state index contributed by atoms with van der Waals surface area (Å²) in [6.07, 6.45) is 4.84. The molecule has 1 aromatic carbocycles. The molecule has 0 aliphatic heterocycles. The van der Waals surface area contributed by atoms with Crippen LogP contribution >= 0.6 is 0 Å². The Bertz CT molecular complexity index is 462. The molecule has 4 nitrogen and oxygen atoms in total. The van der Waals surface area contributed by atoms with E-state index in [0.717, 1.165) is 50.5 Å². The van der Waals surface area contributed by atoms with E-state index in [0.29, 0.717) is 5.84 Å². The summed E-state index contributed by atoms with van der Waals surface area (Å²) in [7, 11) is 0. The molecule has 0 unspecified atom stereocenters. The molecule has 0 spiro atoms. The van der Waals surface area contributed by atoms with Gasteiger partial charge < -0.3 is 15.4 Å². The highest BCUT2D eigenvalue weighted by atomic mass is 16.5. The molecule has 2 N–H and O–H groups in total. The van der Waals surface area contributed by atoms with Gasteiger partial charge in [0.2, 0.25) is 0 Å². The largest absolute Gasteiger partial charge is 0.494 e. The van der Waals surface area contributed by atoms with Crippen LogP contribution in [0.4, 0.5) is 0 Å². The molecule has 0 bridgehead atoms. The van der Waals surface area contributed by atoms with Gasteiger partial charge in [0.15, 0.2) is 0 Å². The number of likely N-dealkylation sites (N-methyl/N-ethyl adjacent to an activating group) is 1. The third-order valence-corrected chi connectivity index (χ3v) is 3.40. The Balaban J connectivity index is 2.45. The van der Waals surface area contributed by atoms with Crippen molar-refractivity contribution in [2.75, 3.05) is 32.8 Å². The van der Waals surface area contributed by atoms with Gasteiger partial charge in [0.1, 0.15) is 11.6 Å². The van der Waals surface area contributed by atoms with Crippen molar-refractivity contribution in [1.29, 1.82) is 0 Å². The smallest absolute Gasteiger partial charge is 0.119 e. The van der Waals surface area contributed by atoms with Gasteiger partial charge in [0, 0.05) is 6.54 Å². The van der Waals surface area contributed by atoms with Crippen LogP contribution in [0.3, 0.4) is 0 Å². The molecule has 4 heteroatoms. The number of aliphatic imine (C=N–C) groups is 1. The quantitative estimate of drug-likeness (QED) is 0.533. The third kappa shape index (κ3) is 7.27. The highest BCUT2D eigenvalue weighted by Gasteiger charge is 1.97. The highest BCUT2D eigenvalue weighted by molar-refractivity contribution is 5.95. The molecule has 22 heavy (non-hydrogen) atoms. The third-order valence-electron chi connectivity index (χ3n) is 3.40. The fraction of sp³-hybridized carbons (Fsp3) is 0.500. The van der Waals surface area contributed by atoms with Gasteiger partial charge in [-0.05, 0) is 43.3 Å². The Labute approximate surface area is 134 Å². The van der Waals surface area contributed by atoms with Gasteiger partial charge in [-0.3, -0.25) is 4.99 Å². The summed E-state index contributed by atoms with van der Waals surface area (Å²) < 4.78 is 5.56. The summed E-state index contributed by atoms with van der Waals surface area (Å²) in [6.45, 7) is 10.9. The number of ether oxygens (including phenoxy) is 1. The zero-order valence-electron chi connectivity index (χ0n) is 14.1. The molecule has 122 valence electrons. The maximum absolute atomic E-state index is 5.91. The van der Waals surface area contributed by atoms with Crippen molar-refractivity contribution in [2.45, 2.75) is 27.2 Å². The molecule has 0 saturated heterocycles. The van der Waals surface area contributed by atoms with Crippen LogP contribution in [0, 0.1) is 0 Å². The summed E-state index contributed by atoms with van der Waals surface area (Å²) in [6, 6.07) is 7.99. The van der Waals surface area contributed by atoms with Crippen LogP contribution in [0.5, 0.6) is 5.75 Å². The predicted molar refractivity (Wildman–Crippen MR) is 95.5 cm³/mol. The number of nitrogens with two attached hydrogens (primary N) is 1. The Morgan fingerprint density at radius 2 is 1.86 bits per heavy atom. The second-order valence-electron chi connectivity index (χ2n) is 5.08. The highest BCUT2D eigenvalue weighted by Crippen LogP contribution is 2.13. The van der Waals surface area contributed by atoms with Crippen LogP contribution in [0.25, 0.3) is 6.08 Å². The van der Waals surface area contributed by atoms with Gasteiger partial charge in [0.05, 0.1) is 13.2 Å². The van der Waals surface area contributed by atoms with Crippen LogP contribution < -0.4 is 10.5 Å². The number of rotatable bonds is 10. The van der Waals surface area contributed by atoms with Gasteiger partial charge in [-0.25, -0.2) is 0 Å². The maximum Gasteiger partial charge on any atom is 0.119 e. The number of hydrogen-bond donors (Lipinski definition) is 1. The minimum absolute atomic E-state index is 0.568. The van der Waals surface area contributed by atoms with Crippen molar-refractivity contribution < 1.29 is 4.74 Å². The first kappa shape index (κ1) is 18.2. The molecule has 0 atom stereocenters. The summed E-state index contributed by atoms with van der Waals surface area (Å²) in [4.78, 5) is 6.70. The van der Waals surface area contributed by atoms with Gasteiger partial charge in [-0.1, -0.05) is 39.0 Å². The molecule has 0 amide bonds. The Morgan fingerprint density at radius 1 is 1.18 bits per heavy atom. The molecular formula is C18H29N3O. The zero-order chi connectivity index (χ0) is 16.2. The summed E-state index contributed by atoms with van der Waals surface area (Å²) in [5, 5.41) is 0. The van der Waals surface area contributed by atoms with Crippen molar-refractivity contribution >= 4 is 11.9 Å². The first-order valence-corrected chi connectivity index (χ1v) is 8.12. The molecule has 0 saturated carbocycles. The lowest BCUT2D eigenvalue weighted by atomic mass is 10.2. The van der Waals surface area contributed by atoms with E-state index in [2.05, 4.69) is 30.7 Å². The molecule has 0 fully saturated rings. The fourth-order valence-corrected chi connectivity index (χ4v) is 1.99. The minimum Gasteiger partial charge on any atom is -0.494 e.